The van der Waals surface area contributed by atoms with Crippen LogP contribution in [-0.4, -0.2) is 20.9 Å². The number of nitro benzene ring substituents is 1. The highest BCUT2D eigenvalue weighted by atomic mass is 32.2. The molecule has 0 spiro atoms. The number of nitro groups is 1. The molecule has 0 unspecified atom stereocenters. The van der Waals surface area contributed by atoms with E-state index in [-0.39, 0.29) is 16.9 Å². The molecule has 0 amide bonds. The minimum atomic E-state index is -0.563. The third kappa shape index (κ3) is 4.12. The summed E-state index contributed by atoms with van der Waals surface area (Å²) >= 11 is 0.829. The number of hydrogen-bond donors (Lipinski definition) is 1. The van der Waals surface area contributed by atoms with Gasteiger partial charge in [0.2, 0.25) is 0 Å². The second-order valence-electron chi connectivity index (χ2n) is 6.44. The molecule has 0 bridgehead atoms. The van der Waals surface area contributed by atoms with Gasteiger partial charge in [-0.05, 0) is 56.3 Å². The number of thioether (sulfide) groups is 1. The zero-order valence-electron chi connectivity index (χ0n) is 16.0. The largest absolute Gasteiger partial charge is 0.295 e. The number of aromatic amines is 1. The molecule has 2 aromatic carbocycles. The quantitative estimate of drug-likeness (QED) is 0.222. The third-order valence-corrected chi connectivity index (χ3v) is 4.93. The maximum absolute atomic E-state index is 12.9. The van der Waals surface area contributed by atoms with Crippen molar-refractivity contribution in [1.82, 2.24) is 9.78 Å². The molecule has 0 aliphatic heterocycles. The summed E-state index contributed by atoms with van der Waals surface area (Å²) < 4.78 is 1.44. The van der Waals surface area contributed by atoms with Crippen molar-refractivity contribution in [2.45, 2.75) is 25.7 Å². The highest BCUT2D eigenvalue weighted by Gasteiger charge is 2.16. The van der Waals surface area contributed by atoms with Crippen LogP contribution in [0.4, 0.5) is 11.4 Å². The number of aryl methyl sites for hydroxylation is 3. The van der Waals surface area contributed by atoms with Crippen LogP contribution >= 0.6 is 11.8 Å². The summed E-state index contributed by atoms with van der Waals surface area (Å²) in [5.41, 5.74) is 3.25. The van der Waals surface area contributed by atoms with Gasteiger partial charge in [-0.2, -0.15) is 5.26 Å². The highest BCUT2D eigenvalue weighted by Crippen LogP contribution is 2.31. The van der Waals surface area contributed by atoms with Crippen molar-refractivity contribution in [3.63, 3.8) is 0 Å². The Balaban J connectivity index is 2.03. The number of aromatic nitrogens is 2. The summed E-state index contributed by atoms with van der Waals surface area (Å²) in [4.78, 5) is 28.3. The van der Waals surface area contributed by atoms with E-state index >= 15 is 0 Å². The first-order valence-electron chi connectivity index (χ1n) is 8.59. The zero-order valence-corrected chi connectivity index (χ0v) is 16.8. The van der Waals surface area contributed by atoms with Gasteiger partial charge in [0.1, 0.15) is 11.1 Å². The number of aliphatic imine (C=N–C) groups is 1. The minimum absolute atomic E-state index is 0.107. The lowest BCUT2D eigenvalue weighted by molar-refractivity contribution is -0.384. The fourth-order valence-electron chi connectivity index (χ4n) is 2.95. The van der Waals surface area contributed by atoms with E-state index in [1.54, 1.807) is 13.0 Å². The van der Waals surface area contributed by atoms with Crippen LogP contribution in [0.1, 0.15) is 22.4 Å². The van der Waals surface area contributed by atoms with Gasteiger partial charge in [-0.15, -0.1) is 0 Å². The molecule has 8 nitrogen and oxygen atoms in total. The Labute approximate surface area is 170 Å². The molecule has 0 fully saturated rings. The number of benzene rings is 2. The fourth-order valence-corrected chi connectivity index (χ4v) is 3.36. The van der Waals surface area contributed by atoms with Gasteiger partial charge in [0, 0.05) is 22.9 Å². The monoisotopic (exact) mass is 407 g/mol. The number of nitriles is 1. The highest BCUT2D eigenvalue weighted by molar-refractivity contribution is 8.03. The molecular formula is C20H17N5O3S. The predicted molar refractivity (Wildman–Crippen MR) is 112 cm³/mol. The number of thiocyanates is 1. The lowest BCUT2D eigenvalue weighted by Crippen LogP contribution is -2.18. The van der Waals surface area contributed by atoms with E-state index in [2.05, 4.69) is 10.1 Å². The molecular weight excluding hydrogens is 390 g/mol. The van der Waals surface area contributed by atoms with E-state index < -0.39 is 4.92 Å². The van der Waals surface area contributed by atoms with Crippen LogP contribution in [0.15, 0.2) is 51.1 Å². The number of hydrogen-bond acceptors (Lipinski definition) is 6. The molecule has 0 aliphatic carbocycles. The van der Waals surface area contributed by atoms with Gasteiger partial charge in [-0.25, -0.2) is 9.67 Å². The average Bonchev–Trinajstić information content (AvgIpc) is 2.94. The molecule has 0 radical (unpaired) electrons. The summed E-state index contributed by atoms with van der Waals surface area (Å²) in [7, 11) is 0. The fraction of sp³-hybridized carbons (Fsp3) is 0.150. The van der Waals surface area contributed by atoms with Gasteiger partial charge < -0.3 is 0 Å². The van der Waals surface area contributed by atoms with Gasteiger partial charge >= 0.3 is 0 Å². The number of rotatable bonds is 5. The molecule has 0 atom stereocenters. The Morgan fingerprint density at radius 1 is 1.24 bits per heavy atom. The molecule has 3 rings (SSSR count). The van der Waals surface area contributed by atoms with Crippen LogP contribution in [0.5, 0.6) is 0 Å². The Morgan fingerprint density at radius 2 is 2.00 bits per heavy atom. The van der Waals surface area contributed by atoms with E-state index in [9.17, 15) is 14.9 Å². The topological polar surface area (TPSA) is 117 Å². The molecule has 0 aliphatic rings. The van der Waals surface area contributed by atoms with Gasteiger partial charge in [-0.1, -0.05) is 17.7 Å². The van der Waals surface area contributed by atoms with Crippen molar-refractivity contribution >= 4 is 29.4 Å². The first-order valence-corrected chi connectivity index (χ1v) is 9.41. The summed E-state index contributed by atoms with van der Waals surface area (Å²) in [5.74, 6) is 0. The number of H-pyrrole nitrogens is 1. The van der Waals surface area contributed by atoms with Crippen molar-refractivity contribution < 1.29 is 4.92 Å². The van der Waals surface area contributed by atoms with Crippen LogP contribution in [0, 0.1) is 41.5 Å². The van der Waals surface area contributed by atoms with E-state index in [4.69, 9.17) is 5.26 Å². The summed E-state index contributed by atoms with van der Waals surface area (Å²) in [6.07, 6.45) is 1.33. The van der Waals surface area contributed by atoms with Gasteiger partial charge in [0.05, 0.1) is 16.2 Å². The van der Waals surface area contributed by atoms with Crippen molar-refractivity contribution in [3.8, 4) is 11.1 Å². The van der Waals surface area contributed by atoms with Crippen molar-refractivity contribution in [3.05, 3.63) is 79.3 Å². The second-order valence-corrected chi connectivity index (χ2v) is 7.30. The van der Waals surface area contributed by atoms with Crippen LogP contribution in [-0.2, 0) is 0 Å². The Hall–Kier alpha value is -3.64. The van der Waals surface area contributed by atoms with Crippen LogP contribution < -0.4 is 5.56 Å². The molecule has 1 heterocycles. The van der Waals surface area contributed by atoms with Crippen LogP contribution in [0.2, 0.25) is 0 Å². The van der Waals surface area contributed by atoms with E-state index in [0.717, 1.165) is 28.6 Å². The van der Waals surface area contributed by atoms with Crippen molar-refractivity contribution in [2.75, 3.05) is 0 Å². The summed E-state index contributed by atoms with van der Waals surface area (Å²) in [6, 6.07) is 10.1. The van der Waals surface area contributed by atoms with Gasteiger partial charge in [0.15, 0.2) is 0 Å². The normalized spacial score (nSPS) is 11.0. The average molecular weight is 407 g/mol. The smallest absolute Gasteiger partial charge is 0.295 e. The molecule has 146 valence electrons. The second kappa shape index (κ2) is 8.16. The van der Waals surface area contributed by atoms with E-state index in [0.29, 0.717) is 16.2 Å². The number of nitrogens with zero attached hydrogens (tertiary/aromatic N) is 4. The molecule has 0 saturated carbocycles. The standard InChI is InChI=1S/C20H17N5O3S/c1-12-4-7-18(13(2)8-12)24-20(26)16(14(3)23-24)10-22-17-6-5-15(29-11-21)9-19(17)25(27)28/h4-10,23H,1-3H3. The minimum Gasteiger partial charge on any atom is -0.295 e. The Bertz CT molecular complexity index is 1230. The zero-order chi connectivity index (χ0) is 21.1. The first-order chi connectivity index (χ1) is 13.8. The third-order valence-electron chi connectivity index (χ3n) is 4.35. The molecule has 1 aromatic heterocycles. The lowest BCUT2D eigenvalue weighted by atomic mass is 10.1. The lowest BCUT2D eigenvalue weighted by Gasteiger charge is -2.06. The molecule has 1 N–H and O–H groups in total. The van der Waals surface area contributed by atoms with Gasteiger partial charge in [0.25, 0.3) is 11.2 Å². The number of nitrogens with one attached hydrogen (secondary N) is 1. The Morgan fingerprint density at radius 3 is 2.66 bits per heavy atom. The molecule has 29 heavy (non-hydrogen) atoms. The van der Waals surface area contributed by atoms with Gasteiger partial charge in [-0.3, -0.25) is 20.0 Å². The Kier molecular flexibility index (Phi) is 5.66. The predicted octanol–water partition coefficient (Wildman–Crippen LogP) is 4.32. The maximum Gasteiger partial charge on any atom is 0.295 e. The molecule has 3 aromatic rings. The first kappa shape index (κ1) is 20.1. The van der Waals surface area contributed by atoms with Crippen molar-refractivity contribution in [1.29, 1.82) is 5.26 Å². The molecule has 9 heteroatoms. The summed E-state index contributed by atoms with van der Waals surface area (Å²) in [5, 5.41) is 25.0. The van der Waals surface area contributed by atoms with E-state index in [1.807, 2.05) is 37.4 Å². The summed E-state index contributed by atoms with van der Waals surface area (Å²) in [6.45, 7) is 5.64. The molecule has 0 saturated heterocycles. The SMILES string of the molecule is Cc1ccc(-n2[nH]c(C)c(C=Nc3ccc(SC#N)cc3[N+](=O)[O-])c2=O)c(C)c1. The maximum atomic E-state index is 12.9. The van der Waals surface area contributed by atoms with Crippen molar-refractivity contribution in [2.24, 2.45) is 4.99 Å². The van der Waals surface area contributed by atoms with E-state index in [1.165, 1.54) is 23.0 Å². The van der Waals surface area contributed by atoms with Crippen LogP contribution in [0.25, 0.3) is 5.69 Å². The van der Waals surface area contributed by atoms with Crippen LogP contribution in [0.3, 0.4) is 0 Å².